The number of nitrogens with zero attached hydrogens (tertiary/aromatic N) is 1. The zero-order chi connectivity index (χ0) is 11.8. The van der Waals surface area contributed by atoms with E-state index < -0.39 is 0 Å². The third kappa shape index (κ3) is 2.08. The molecule has 0 saturated heterocycles. The van der Waals surface area contributed by atoms with Gasteiger partial charge in [0.1, 0.15) is 13.2 Å². The molecule has 1 aromatic carbocycles. The van der Waals surface area contributed by atoms with Gasteiger partial charge in [0.2, 0.25) is 0 Å². The number of hydrogen-bond acceptors (Lipinski definition) is 3. The molecule has 3 heteroatoms. The fraction of sp³-hybridized carbons (Fsp3) is 0.538. The van der Waals surface area contributed by atoms with E-state index in [1.54, 1.807) is 0 Å². The first-order valence-electron chi connectivity index (χ1n) is 5.62. The molecule has 0 N–H and O–H groups in total. The first-order valence-corrected chi connectivity index (χ1v) is 5.62. The molecule has 88 valence electrons. The molecule has 1 aliphatic rings. The van der Waals surface area contributed by atoms with Crippen molar-refractivity contribution >= 4 is 5.69 Å². The molecule has 3 nitrogen and oxygen atoms in total. The van der Waals surface area contributed by atoms with Crippen molar-refractivity contribution in [3.05, 3.63) is 18.2 Å². The topological polar surface area (TPSA) is 21.7 Å². The van der Waals surface area contributed by atoms with Gasteiger partial charge in [0, 0.05) is 24.3 Å². The summed E-state index contributed by atoms with van der Waals surface area (Å²) < 4.78 is 11.1. The van der Waals surface area contributed by atoms with Gasteiger partial charge < -0.3 is 14.4 Å². The van der Waals surface area contributed by atoms with E-state index in [0.29, 0.717) is 13.2 Å². The summed E-state index contributed by atoms with van der Waals surface area (Å²) in [5.74, 6) is 1.69. The average molecular weight is 221 g/mol. The third-order valence-electron chi connectivity index (χ3n) is 2.92. The molecule has 0 fully saturated rings. The molecule has 0 bridgehead atoms. The molecule has 0 spiro atoms. The van der Waals surface area contributed by atoms with Crippen LogP contribution in [0.3, 0.4) is 0 Å². The van der Waals surface area contributed by atoms with Gasteiger partial charge in [-0.2, -0.15) is 0 Å². The van der Waals surface area contributed by atoms with E-state index in [-0.39, 0.29) is 5.54 Å². The van der Waals surface area contributed by atoms with Crippen LogP contribution >= 0.6 is 0 Å². The first kappa shape index (κ1) is 11.1. The second-order valence-electron chi connectivity index (χ2n) is 5.06. The molecule has 2 rings (SSSR count). The van der Waals surface area contributed by atoms with Crippen molar-refractivity contribution in [1.29, 1.82) is 0 Å². The quantitative estimate of drug-likeness (QED) is 0.727. The van der Waals surface area contributed by atoms with Crippen LogP contribution in [-0.4, -0.2) is 25.8 Å². The Bertz CT molecular complexity index is 382. The van der Waals surface area contributed by atoms with Crippen molar-refractivity contribution in [3.8, 4) is 11.5 Å². The van der Waals surface area contributed by atoms with Gasteiger partial charge in [0.05, 0.1) is 0 Å². The Balaban J connectivity index is 2.30. The molecule has 1 aromatic rings. The Morgan fingerprint density at radius 2 is 1.69 bits per heavy atom. The molecular formula is C13H19NO2. The van der Waals surface area contributed by atoms with E-state index in [9.17, 15) is 0 Å². The van der Waals surface area contributed by atoms with Gasteiger partial charge in [-0.15, -0.1) is 0 Å². The summed E-state index contributed by atoms with van der Waals surface area (Å²) in [6, 6.07) is 6.09. The fourth-order valence-corrected chi connectivity index (χ4v) is 1.63. The van der Waals surface area contributed by atoms with Gasteiger partial charge in [-0.05, 0) is 32.9 Å². The Kier molecular flexibility index (Phi) is 2.70. The molecule has 1 aliphatic heterocycles. The van der Waals surface area contributed by atoms with Gasteiger partial charge in [0.15, 0.2) is 11.5 Å². The predicted molar refractivity (Wildman–Crippen MR) is 65.6 cm³/mol. The first-order chi connectivity index (χ1) is 7.48. The van der Waals surface area contributed by atoms with Crippen LogP contribution < -0.4 is 14.4 Å². The van der Waals surface area contributed by atoms with Crippen molar-refractivity contribution in [2.24, 2.45) is 0 Å². The maximum Gasteiger partial charge on any atom is 0.163 e. The Labute approximate surface area is 97.0 Å². The predicted octanol–water partition coefficient (Wildman–Crippen LogP) is 2.69. The van der Waals surface area contributed by atoms with Crippen molar-refractivity contribution < 1.29 is 9.47 Å². The molecule has 0 amide bonds. The minimum atomic E-state index is 0.101. The Morgan fingerprint density at radius 1 is 1.06 bits per heavy atom. The average Bonchev–Trinajstić information content (AvgIpc) is 2.26. The van der Waals surface area contributed by atoms with Crippen molar-refractivity contribution in [1.82, 2.24) is 0 Å². The van der Waals surface area contributed by atoms with Crippen LogP contribution in [0.25, 0.3) is 0 Å². The summed E-state index contributed by atoms with van der Waals surface area (Å²) in [4.78, 5) is 2.23. The molecule has 1 heterocycles. The van der Waals surface area contributed by atoms with Crippen molar-refractivity contribution in [3.63, 3.8) is 0 Å². The van der Waals surface area contributed by atoms with E-state index in [2.05, 4.69) is 38.8 Å². The second-order valence-corrected chi connectivity index (χ2v) is 5.06. The van der Waals surface area contributed by atoms with Crippen LogP contribution in [0.4, 0.5) is 5.69 Å². The third-order valence-corrected chi connectivity index (χ3v) is 2.92. The maximum atomic E-state index is 5.58. The van der Waals surface area contributed by atoms with Crippen LogP contribution in [0, 0.1) is 0 Å². The number of fused-ring (bicyclic) bond motifs is 1. The van der Waals surface area contributed by atoms with E-state index in [1.807, 2.05) is 12.1 Å². The molecule has 0 saturated carbocycles. The Morgan fingerprint density at radius 3 is 2.31 bits per heavy atom. The summed E-state index contributed by atoms with van der Waals surface area (Å²) in [5.41, 5.74) is 1.25. The molecule has 0 aliphatic carbocycles. The highest BCUT2D eigenvalue weighted by Gasteiger charge is 2.20. The highest BCUT2D eigenvalue weighted by molar-refractivity contribution is 5.57. The zero-order valence-electron chi connectivity index (χ0n) is 10.4. The van der Waals surface area contributed by atoms with Crippen molar-refractivity contribution in [2.75, 3.05) is 25.2 Å². The lowest BCUT2D eigenvalue weighted by Gasteiger charge is -2.34. The fourth-order valence-electron chi connectivity index (χ4n) is 1.63. The highest BCUT2D eigenvalue weighted by Crippen LogP contribution is 2.35. The summed E-state index contributed by atoms with van der Waals surface area (Å²) in [5, 5.41) is 0. The van der Waals surface area contributed by atoms with Crippen molar-refractivity contribution in [2.45, 2.75) is 26.3 Å². The van der Waals surface area contributed by atoms with Crippen LogP contribution in [0.1, 0.15) is 20.8 Å². The van der Waals surface area contributed by atoms with Gasteiger partial charge in [0.25, 0.3) is 0 Å². The van der Waals surface area contributed by atoms with E-state index >= 15 is 0 Å². The zero-order valence-corrected chi connectivity index (χ0v) is 10.4. The minimum Gasteiger partial charge on any atom is -0.486 e. The summed E-state index contributed by atoms with van der Waals surface area (Å²) in [7, 11) is 2.09. The normalized spacial score (nSPS) is 14.8. The summed E-state index contributed by atoms with van der Waals surface area (Å²) in [6.45, 7) is 7.83. The minimum absolute atomic E-state index is 0.101. The number of hydrogen-bond donors (Lipinski definition) is 0. The molecule has 0 unspecified atom stereocenters. The number of benzene rings is 1. The smallest absolute Gasteiger partial charge is 0.163 e. The van der Waals surface area contributed by atoms with Crippen LogP contribution in [-0.2, 0) is 0 Å². The van der Waals surface area contributed by atoms with E-state index in [0.717, 1.165) is 17.2 Å². The molecule has 0 aromatic heterocycles. The SMILES string of the molecule is CN(c1ccc2c(c1)OCCO2)C(C)(C)C. The molecular weight excluding hydrogens is 202 g/mol. The maximum absolute atomic E-state index is 5.58. The second kappa shape index (κ2) is 3.89. The van der Waals surface area contributed by atoms with Gasteiger partial charge in [-0.25, -0.2) is 0 Å². The Hall–Kier alpha value is -1.38. The van der Waals surface area contributed by atoms with Gasteiger partial charge in [-0.3, -0.25) is 0 Å². The van der Waals surface area contributed by atoms with Crippen LogP contribution in [0.15, 0.2) is 18.2 Å². The molecule has 0 atom stereocenters. The van der Waals surface area contributed by atoms with Gasteiger partial charge in [-0.1, -0.05) is 0 Å². The number of ether oxygens (including phenoxy) is 2. The summed E-state index contributed by atoms with van der Waals surface area (Å²) in [6.07, 6.45) is 0. The van der Waals surface area contributed by atoms with Gasteiger partial charge >= 0.3 is 0 Å². The lowest BCUT2D eigenvalue weighted by Crippen LogP contribution is -2.38. The van der Waals surface area contributed by atoms with Crippen LogP contribution in [0.2, 0.25) is 0 Å². The van der Waals surface area contributed by atoms with Crippen LogP contribution in [0.5, 0.6) is 11.5 Å². The van der Waals surface area contributed by atoms with E-state index in [1.165, 1.54) is 0 Å². The highest BCUT2D eigenvalue weighted by atomic mass is 16.6. The van der Waals surface area contributed by atoms with E-state index in [4.69, 9.17) is 9.47 Å². The number of anilines is 1. The largest absolute Gasteiger partial charge is 0.486 e. The lowest BCUT2D eigenvalue weighted by atomic mass is 10.1. The standard InChI is InChI=1S/C13H19NO2/c1-13(2,3)14(4)10-5-6-11-12(9-10)16-8-7-15-11/h5-6,9H,7-8H2,1-4H3. The monoisotopic (exact) mass is 221 g/mol. The lowest BCUT2D eigenvalue weighted by molar-refractivity contribution is 0.171. The molecule has 16 heavy (non-hydrogen) atoms. The number of rotatable bonds is 1. The molecule has 0 radical (unpaired) electrons. The summed E-state index contributed by atoms with van der Waals surface area (Å²) >= 11 is 0.